The normalized spacial score (nSPS) is 19.3. The largest absolute Gasteiger partial charge is 0.340 e. The first-order valence-corrected chi connectivity index (χ1v) is 4.06. The maximum absolute atomic E-state index is 12.8. The molecule has 0 aromatic carbocycles. The van der Waals surface area contributed by atoms with E-state index in [9.17, 15) is 14.0 Å². The number of rotatable bonds is 2. The number of amides is 1. The van der Waals surface area contributed by atoms with Crippen LogP contribution < -0.4 is 0 Å². The Bertz CT molecular complexity index is 199. The number of alkyl halides is 1. The van der Waals surface area contributed by atoms with Gasteiger partial charge in [-0.25, -0.2) is 4.39 Å². The van der Waals surface area contributed by atoms with Crippen LogP contribution in [0.5, 0.6) is 0 Å². The second-order valence-electron chi connectivity index (χ2n) is 3.01. The maximum atomic E-state index is 12.8. The van der Waals surface area contributed by atoms with Crippen molar-refractivity contribution in [3.63, 3.8) is 0 Å². The van der Waals surface area contributed by atoms with Gasteiger partial charge in [0, 0.05) is 13.1 Å². The van der Waals surface area contributed by atoms with Crippen LogP contribution in [-0.2, 0) is 9.59 Å². The highest BCUT2D eigenvalue weighted by molar-refractivity contribution is 6.03. The lowest BCUT2D eigenvalue weighted by molar-refractivity contribution is -0.141. The second-order valence-corrected chi connectivity index (χ2v) is 3.01. The van der Waals surface area contributed by atoms with Crippen LogP contribution in [0, 0.1) is 0 Å². The Kier molecular flexibility index (Phi) is 2.78. The molecule has 0 aromatic heterocycles. The van der Waals surface area contributed by atoms with Crippen molar-refractivity contribution < 1.29 is 14.0 Å². The number of Topliss-reactive ketones (excluding diaryl/α,β-unsaturated/α-hetero) is 1. The van der Waals surface area contributed by atoms with Crippen LogP contribution in [0.1, 0.15) is 19.8 Å². The second kappa shape index (κ2) is 3.65. The number of ketones is 1. The Hall–Kier alpha value is -0.930. The van der Waals surface area contributed by atoms with Crippen molar-refractivity contribution in [3.05, 3.63) is 0 Å². The van der Waals surface area contributed by atoms with Gasteiger partial charge in [0.1, 0.15) is 0 Å². The van der Waals surface area contributed by atoms with Gasteiger partial charge in [-0.05, 0) is 19.8 Å². The molecule has 0 N–H and O–H groups in total. The summed E-state index contributed by atoms with van der Waals surface area (Å²) in [6, 6.07) is 0. The molecule has 1 amide bonds. The minimum Gasteiger partial charge on any atom is -0.340 e. The van der Waals surface area contributed by atoms with Gasteiger partial charge < -0.3 is 4.90 Å². The number of hydrogen-bond donors (Lipinski definition) is 0. The molecular weight excluding hydrogens is 161 g/mol. The molecule has 12 heavy (non-hydrogen) atoms. The molecule has 1 saturated heterocycles. The van der Waals surface area contributed by atoms with E-state index in [1.54, 1.807) is 0 Å². The van der Waals surface area contributed by atoms with Crippen molar-refractivity contribution in [2.24, 2.45) is 0 Å². The fourth-order valence-corrected chi connectivity index (χ4v) is 1.27. The van der Waals surface area contributed by atoms with E-state index >= 15 is 0 Å². The smallest absolute Gasteiger partial charge is 0.264 e. The van der Waals surface area contributed by atoms with E-state index in [1.165, 1.54) is 4.90 Å². The van der Waals surface area contributed by atoms with Crippen molar-refractivity contribution in [3.8, 4) is 0 Å². The van der Waals surface area contributed by atoms with Gasteiger partial charge in [0.25, 0.3) is 5.91 Å². The fraction of sp³-hybridized carbons (Fsp3) is 0.750. The molecular formula is C8H12FNO2. The van der Waals surface area contributed by atoms with E-state index in [-0.39, 0.29) is 0 Å². The predicted octanol–water partition coefficient (Wildman–Crippen LogP) is 0.536. The lowest BCUT2D eigenvalue weighted by Gasteiger charge is -2.15. The summed E-state index contributed by atoms with van der Waals surface area (Å²) in [5, 5.41) is 0. The molecule has 4 heteroatoms. The van der Waals surface area contributed by atoms with E-state index in [0.717, 1.165) is 19.8 Å². The van der Waals surface area contributed by atoms with Gasteiger partial charge in [-0.1, -0.05) is 0 Å². The predicted molar refractivity (Wildman–Crippen MR) is 41.4 cm³/mol. The number of carbonyl (C=O) groups is 2. The molecule has 0 radical (unpaired) electrons. The molecule has 1 fully saturated rings. The summed E-state index contributed by atoms with van der Waals surface area (Å²) in [5.41, 5.74) is 0. The SMILES string of the molecule is CC(=O)[C@@H](F)C(=O)N1CCCC1. The van der Waals surface area contributed by atoms with Gasteiger partial charge in [0.05, 0.1) is 0 Å². The number of likely N-dealkylation sites (tertiary alicyclic amines) is 1. The van der Waals surface area contributed by atoms with Crippen LogP contribution in [0.15, 0.2) is 0 Å². The minimum absolute atomic E-state index is 0.590. The zero-order chi connectivity index (χ0) is 9.14. The summed E-state index contributed by atoms with van der Waals surface area (Å²) >= 11 is 0. The van der Waals surface area contributed by atoms with E-state index in [4.69, 9.17) is 0 Å². The van der Waals surface area contributed by atoms with E-state index in [1.807, 2.05) is 0 Å². The minimum atomic E-state index is -1.94. The van der Waals surface area contributed by atoms with Crippen molar-refractivity contribution >= 4 is 11.7 Å². The standard InChI is InChI=1S/C8H12FNO2/c1-6(11)7(9)8(12)10-4-2-3-5-10/h7H,2-5H2,1H3/t7-/m1/s1. The van der Waals surface area contributed by atoms with Gasteiger partial charge >= 0.3 is 0 Å². The molecule has 1 heterocycles. The molecule has 1 atom stereocenters. The van der Waals surface area contributed by atoms with E-state index in [0.29, 0.717) is 13.1 Å². The highest BCUT2D eigenvalue weighted by Gasteiger charge is 2.28. The fourth-order valence-electron chi connectivity index (χ4n) is 1.27. The Morgan fingerprint density at radius 1 is 1.33 bits per heavy atom. The Morgan fingerprint density at radius 2 is 1.83 bits per heavy atom. The number of hydrogen-bond acceptors (Lipinski definition) is 2. The first-order chi connectivity index (χ1) is 5.63. The third-order valence-corrected chi connectivity index (χ3v) is 1.99. The zero-order valence-electron chi connectivity index (χ0n) is 7.05. The average Bonchev–Trinajstić information content (AvgIpc) is 2.53. The molecule has 1 aliphatic heterocycles. The zero-order valence-corrected chi connectivity index (χ0v) is 7.05. The lowest BCUT2D eigenvalue weighted by Crippen LogP contribution is -2.38. The van der Waals surface area contributed by atoms with Crippen LogP contribution in [0.25, 0.3) is 0 Å². The summed E-state index contributed by atoms with van der Waals surface area (Å²) in [6.45, 7) is 2.28. The van der Waals surface area contributed by atoms with Crippen LogP contribution in [0.4, 0.5) is 4.39 Å². The Morgan fingerprint density at radius 3 is 2.25 bits per heavy atom. The number of halogens is 1. The lowest BCUT2D eigenvalue weighted by atomic mass is 10.2. The first kappa shape index (κ1) is 9.16. The van der Waals surface area contributed by atoms with Crippen LogP contribution >= 0.6 is 0 Å². The van der Waals surface area contributed by atoms with Crippen molar-refractivity contribution in [1.29, 1.82) is 0 Å². The summed E-state index contributed by atoms with van der Waals surface area (Å²) in [4.78, 5) is 23.0. The van der Waals surface area contributed by atoms with Crippen LogP contribution in [-0.4, -0.2) is 35.9 Å². The maximum Gasteiger partial charge on any atom is 0.264 e. The average molecular weight is 173 g/mol. The first-order valence-electron chi connectivity index (χ1n) is 4.06. The highest BCUT2D eigenvalue weighted by atomic mass is 19.1. The van der Waals surface area contributed by atoms with Gasteiger partial charge in [0.15, 0.2) is 5.78 Å². The molecule has 0 aliphatic carbocycles. The molecule has 68 valence electrons. The van der Waals surface area contributed by atoms with Crippen molar-refractivity contribution in [2.45, 2.75) is 25.9 Å². The summed E-state index contributed by atoms with van der Waals surface area (Å²) in [5.74, 6) is -1.37. The summed E-state index contributed by atoms with van der Waals surface area (Å²) < 4.78 is 12.8. The van der Waals surface area contributed by atoms with Gasteiger partial charge in [-0.3, -0.25) is 9.59 Å². The monoisotopic (exact) mass is 173 g/mol. The number of nitrogens with zero attached hydrogens (tertiary/aromatic N) is 1. The molecule has 0 bridgehead atoms. The summed E-state index contributed by atoms with van der Waals surface area (Å²) in [6.07, 6.45) is -0.115. The number of carbonyl (C=O) groups excluding carboxylic acids is 2. The Balaban J connectivity index is 2.51. The van der Waals surface area contributed by atoms with Crippen molar-refractivity contribution in [1.82, 2.24) is 4.90 Å². The van der Waals surface area contributed by atoms with Gasteiger partial charge in [-0.15, -0.1) is 0 Å². The van der Waals surface area contributed by atoms with E-state index < -0.39 is 17.9 Å². The molecule has 0 saturated carbocycles. The quantitative estimate of drug-likeness (QED) is 0.571. The topological polar surface area (TPSA) is 37.4 Å². The molecule has 0 aromatic rings. The molecule has 0 unspecified atom stereocenters. The molecule has 1 aliphatic rings. The molecule has 3 nitrogen and oxygen atoms in total. The van der Waals surface area contributed by atoms with Gasteiger partial charge in [-0.2, -0.15) is 0 Å². The van der Waals surface area contributed by atoms with Crippen LogP contribution in [0.2, 0.25) is 0 Å². The highest BCUT2D eigenvalue weighted by Crippen LogP contribution is 2.10. The molecule has 1 rings (SSSR count). The van der Waals surface area contributed by atoms with Crippen LogP contribution in [0.3, 0.4) is 0 Å². The van der Waals surface area contributed by atoms with E-state index in [2.05, 4.69) is 0 Å². The Labute approximate surface area is 70.5 Å². The summed E-state index contributed by atoms with van der Waals surface area (Å²) in [7, 11) is 0. The third-order valence-electron chi connectivity index (χ3n) is 1.99. The molecule has 0 spiro atoms. The van der Waals surface area contributed by atoms with Crippen molar-refractivity contribution in [2.75, 3.05) is 13.1 Å². The third kappa shape index (κ3) is 1.81. The van der Waals surface area contributed by atoms with Gasteiger partial charge in [0.2, 0.25) is 6.17 Å².